The highest BCUT2D eigenvalue weighted by Crippen LogP contribution is 2.13. The number of carbonyl (C=O) groups is 1. The van der Waals surface area contributed by atoms with E-state index in [4.69, 9.17) is 16.3 Å². The Balaban J connectivity index is 1.99. The molecule has 21 heavy (non-hydrogen) atoms. The number of hydrogen-bond donors (Lipinski definition) is 3. The average molecular weight is 309 g/mol. The van der Waals surface area contributed by atoms with Gasteiger partial charge in [0.25, 0.3) is 5.91 Å². The van der Waals surface area contributed by atoms with E-state index in [0.717, 1.165) is 0 Å². The van der Waals surface area contributed by atoms with Gasteiger partial charge in [0.2, 0.25) is 0 Å². The highest BCUT2D eigenvalue weighted by atomic mass is 35.5. The summed E-state index contributed by atoms with van der Waals surface area (Å²) >= 11 is 5.81. The van der Waals surface area contributed by atoms with Crippen molar-refractivity contribution in [1.29, 1.82) is 0 Å². The van der Waals surface area contributed by atoms with Gasteiger partial charge in [-0.05, 0) is 24.3 Å². The molecule has 0 aliphatic carbocycles. The van der Waals surface area contributed by atoms with Crippen molar-refractivity contribution < 1.29 is 9.53 Å². The van der Waals surface area contributed by atoms with Crippen LogP contribution in [0, 0.1) is 0 Å². The molecule has 0 radical (unpaired) electrons. The van der Waals surface area contributed by atoms with Crippen molar-refractivity contribution in [2.75, 3.05) is 25.6 Å². The fourth-order valence-corrected chi connectivity index (χ4v) is 1.92. The first-order valence-electron chi connectivity index (χ1n) is 6.48. The summed E-state index contributed by atoms with van der Waals surface area (Å²) in [6.07, 6.45) is 2.88. The Labute approximate surface area is 128 Å². The lowest BCUT2D eigenvalue weighted by atomic mass is 10.2. The SMILES string of the molecule is COCCNC1NC=CN=C1C(=O)Nc1ccc(Cl)cc1. The van der Waals surface area contributed by atoms with E-state index in [2.05, 4.69) is 20.9 Å². The quantitative estimate of drug-likeness (QED) is 0.694. The van der Waals surface area contributed by atoms with Crippen LogP contribution in [0.2, 0.25) is 5.02 Å². The summed E-state index contributed by atoms with van der Waals surface area (Å²) in [5, 5.41) is 9.60. The van der Waals surface area contributed by atoms with Crippen LogP contribution < -0.4 is 16.0 Å². The van der Waals surface area contributed by atoms with Crippen molar-refractivity contribution >= 4 is 28.9 Å². The summed E-state index contributed by atoms with van der Waals surface area (Å²) in [6.45, 7) is 1.16. The van der Waals surface area contributed by atoms with Crippen molar-refractivity contribution in [2.24, 2.45) is 4.99 Å². The fraction of sp³-hybridized carbons (Fsp3) is 0.286. The number of aliphatic imine (C=N–C) groups is 1. The van der Waals surface area contributed by atoms with Crippen LogP contribution in [0.4, 0.5) is 5.69 Å². The zero-order chi connectivity index (χ0) is 15.1. The van der Waals surface area contributed by atoms with Crippen LogP contribution in [0.5, 0.6) is 0 Å². The lowest BCUT2D eigenvalue weighted by Crippen LogP contribution is -2.52. The van der Waals surface area contributed by atoms with E-state index in [9.17, 15) is 4.79 Å². The number of halogens is 1. The van der Waals surface area contributed by atoms with Crippen LogP contribution in [0.15, 0.2) is 41.7 Å². The number of anilines is 1. The maximum atomic E-state index is 12.3. The van der Waals surface area contributed by atoms with E-state index in [0.29, 0.717) is 29.6 Å². The van der Waals surface area contributed by atoms with E-state index >= 15 is 0 Å². The summed E-state index contributed by atoms with van der Waals surface area (Å²) in [4.78, 5) is 16.4. The summed E-state index contributed by atoms with van der Waals surface area (Å²) in [6, 6.07) is 6.90. The molecule has 1 aliphatic heterocycles. The van der Waals surface area contributed by atoms with Crippen LogP contribution in [-0.2, 0) is 9.53 Å². The Kier molecular flexibility index (Phi) is 5.74. The van der Waals surface area contributed by atoms with Crippen LogP contribution in [0.1, 0.15) is 0 Å². The fourth-order valence-electron chi connectivity index (χ4n) is 1.79. The van der Waals surface area contributed by atoms with Gasteiger partial charge in [-0.25, -0.2) is 0 Å². The third-order valence-corrected chi connectivity index (χ3v) is 3.07. The van der Waals surface area contributed by atoms with Gasteiger partial charge in [-0.15, -0.1) is 0 Å². The largest absolute Gasteiger partial charge is 0.383 e. The van der Waals surface area contributed by atoms with Crippen molar-refractivity contribution in [1.82, 2.24) is 10.6 Å². The van der Waals surface area contributed by atoms with Crippen LogP contribution >= 0.6 is 11.6 Å². The minimum Gasteiger partial charge on any atom is -0.383 e. The summed E-state index contributed by atoms with van der Waals surface area (Å²) < 4.78 is 4.97. The standard InChI is InChI=1S/C14H17ClN4O2/c1-21-9-8-18-13-12(16-6-7-17-13)14(20)19-11-4-2-10(15)3-5-11/h2-7,13,17-18H,8-9H2,1H3,(H,19,20). The maximum Gasteiger partial charge on any atom is 0.273 e. The highest BCUT2D eigenvalue weighted by Gasteiger charge is 2.23. The van der Waals surface area contributed by atoms with E-state index < -0.39 is 0 Å². The summed E-state index contributed by atoms with van der Waals surface area (Å²) in [5.41, 5.74) is 1.03. The minimum atomic E-state index is -0.350. The van der Waals surface area contributed by atoms with E-state index in [1.807, 2.05) is 0 Å². The molecule has 0 aromatic heterocycles. The summed E-state index contributed by atoms with van der Waals surface area (Å²) in [5.74, 6) is -0.274. The number of rotatable bonds is 6. The number of carbonyl (C=O) groups excluding carboxylic acids is 1. The van der Waals surface area contributed by atoms with Crippen molar-refractivity contribution in [2.45, 2.75) is 6.17 Å². The molecule has 0 saturated heterocycles. The van der Waals surface area contributed by atoms with Crippen molar-refractivity contribution in [3.8, 4) is 0 Å². The second-order valence-electron chi connectivity index (χ2n) is 4.34. The number of nitrogens with zero attached hydrogens (tertiary/aromatic N) is 1. The molecule has 1 heterocycles. The molecular formula is C14H17ClN4O2. The van der Waals surface area contributed by atoms with E-state index in [1.165, 1.54) is 0 Å². The topological polar surface area (TPSA) is 74.8 Å². The van der Waals surface area contributed by atoms with Gasteiger partial charge < -0.3 is 15.4 Å². The second kappa shape index (κ2) is 7.78. The molecule has 1 atom stereocenters. The third kappa shape index (κ3) is 4.56. The molecule has 0 bridgehead atoms. The average Bonchev–Trinajstić information content (AvgIpc) is 2.50. The van der Waals surface area contributed by atoms with Gasteiger partial charge in [-0.1, -0.05) is 11.6 Å². The molecule has 1 aromatic carbocycles. The van der Waals surface area contributed by atoms with E-state index in [-0.39, 0.29) is 12.1 Å². The second-order valence-corrected chi connectivity index (χ2v) is 4.77. The monoisotopic (exact) mass is 308 g/mol. The highest BCUT2D eigenvalue weighted by molar-refractivity contribution is 6.45. The first kappa shape index (κ1) is 15.5. The van der Waals surface area contributed by atoms with Gasteiger partial charge in [0.1, 0.15) is 11.9 Å². The number of nitrogens with one attached hydrogen (secondary N) is 3. The van der Waals surface area contributed by atoms with Crippen molar-refractivity contribution in [3.63, 3.8) is 0 Å². The van der Waals surface area contributed by atoms with Gasteiger partial charge in [-0.2, -0.15) is 0 Å². The van der Waals surface area contributed by atoms with Gasteiger partial charge in [0.15, 0.2) is 0 Å². The molecule has 6 nitrogen and oxygen atoms in total. The number of benzene rings is 1. The molecule has 1 unspecified atom stereocenters. The Morgan fingerprint density at radius 3 is 2.90 bits per heavy atom. The van der Waals surface area contributed by atoms with Gasteiger partial charge >= 0.3 is 0 Å². The normalized spacial score (nSPS) is 17.0. The predicted octanol–water partition coefficient (Wildman–Crippen LogP) is 1.36. The lowest BCUT2D eigenvalue weighted by molar-refractivity contribution is -0.110. The molecular weight excluding hydrogens is 292 g/mol. The molecule has 0 spiro atoms. The van der Waals surface area contributed by atoms with Crippen LogP contribution in [0.25, 0.3) is 0 Å². The smallest absolute Gasteiger partial charge is 0.273 e. The molecule has 3 N–H and O–H groups in total. The molecule has 2 rings (SSSR count). The van der Waals surface area contributed by atoms with Gasteiger partial charge in [-0.3, -0.25) is 15.1 Å². The lowest BCUT2D eigenvalue weighted by Gasteiger charge is -2.22. The Bertz CT molecular complexity index is 542. The molecule has 0 fully saturated rings. The Morgan fingerprint density at radius 1 is 1.43 bits per heavy atom. The Hall–Kier alpha value is -1.89. The van der Waals surface area contributed by atoms with E-state index in [1.54, 1.807) is 43.8 Å². The molecule has 112 valence electrons. The molecule has 1 aromatic rings. The number of hydrogen-bond acceptors (Lipinski definition) is 5. The molecule has 7 heteroatoms. The van der Waals surface area contributed by atoms with Gasteiger partial charge in [0, 0.05) is 36.8 Å². The number of methoxy groups -OCH3 is 1. The maximum absolute atomic E-state index is 12.3. The Morgan fingerprint density at radius 2 is 2.19 bits per heavy atom. The van der Waals surface area contributed by atoms with Crippen LogP contribution in [-0.4, -0.2) is 38.0 Å². The molecule has 0 saturated carbocycles. The van der Waals surface area contributed by atoms with Crippen LogP contribution in [0.3, 0.4) is 0 Å². The van der Waals surface area contributed by atoms with Crippen molar-refractivity contribution in [3.05, 3.63) is 41.7 Å². The zero-order valence-electron chi connectivity index (χ0n) is 11.6. The number of amides is 1. The minimum absolute atomic E-state index is 0.274. The summed E-state index contributed by atoms with van der Waals surface area (Å²) in [7, 11) is 1.62. The third-order valence-electron chi connectivity index (χ3n) is 2.81. The zero-order valence-corrected chi connectivity index (χ0v) is 12.4. The molecule has 1 amide bonds. The first-order chi connectivity index (χ1) is 10.2. The first-order valence-corrected chi connectivity index (χ1v) is 6.86. The molecule has 1 aliphatic rings. The number of ether oxygens (including phenoxy) is 1. The predicted molar refractivity (Wildman–Crippen MR) is 83.5 cm³/mol. The van der Waals surface area contributed by atoms with Gasteiger partial charge in [0.05, 0.1) is 6.61 Å².